The number of carbonyl (C=O) groups is 1. The summed E-state index contributed by atoms with van der Waals surface area (Å²) in [5, 5.41) is 11.3. The molecule has 0 atom stereocenters. The van der Waals surface area contributed by atoms with Crippen LogP contribution in [0, 0.1) is 10.1 Å². The summed E-state index contributed by atoms with van der Waals surface area (Å²) in [6.07, 6.45) is 1.46. The highest BCUT2D eigenvalue weighted by molar-refractivity contribution is 6.13. The van der Waals surface area contributed by atoms with Gasteiger partial charge in [0.2, 0.25) is 5.90 Å². The Morgan fingerprint density at radius 2 is 1.96 bits per heavy atom. The number of aliphatic imine (C=N–C) groups is 1. The molecule has 0 aromatic heterocycles. The molecule has 0 radical (unpaired) electrons. The lowest BCUT2D eigenvalue weighted by atomic mass is 10.1. The summed E-state index contributed by atoms with van der Waals surface area (Å²) in [5.41, 5.74) is 1.49. The Hall–Kier alpha value is -3.68. The molecule has 8 nitrogen and oxygen atoms in total. The minimum Gasteiger partial charge on any atom is -0.496 e. The number of hydrogen-bond donors (Lipinski definition) is 0. The SMILES string of the molecule is COc1ccccc1C1=N/C(=C\c2ccc(N(C)C)c([N+](=O)[O-])c2)C(=O)O1. The molecule has 2 aromatic rings. The molecule has 0 spiro atoms. The van der Waals surface area contributed by atoms with Crippen LogP contribution in [0.15, 0.2) is 53.2 Å². The molecule has 1 heterocycles. The van der Waals surface area contributed by atoms with Crippen molar-refractivity contribution < 1.29 is 19.2 Å². The molecular formula is C19H17N3O5. The highest BCUT2D eigenvalue weighted by Crippen LogP contribution is 2.30. The van der Waals surface area contributed by atoms with Gasteiger partial charge in [-0.15, -0.1) is 0 Å². The molecule has 3 rings (SSSR count). The number of carbonyl (C=O) groups excluding carboxylic acids is 1. The van der Waals surface area contributed by atoms with Gasteiger partial charge in [-0.2, -0.15) is 0 Å². The molecule has 0 fully saturated rings. The van der Waals surface area contributed by atoms with Gasteiger partial charge in [0.15, 0.2) is 5.70 Å². The second-order valence-electron chi connectivity index (χ2n) is 5.94. The van der Waals surface area contributed by atoms with Gasteiger partial charge in [-0.3, -0.25) is 10.1 Å². The Kier molecular flexibility index (Phi) is 4.89. The first-order valence-electron chi connectivity index (χ1n) is 8.02. The molecule has 0 N–H and O–H groups in total. The van der Waals surface area contributed by atoms with E-state index in [2.05, 4.69) is 4.99 Å². The monoisotopic (exact) mass is 367 g/mol. The van der Waals surface area contributed by atoms with E-state index in [1.807, 2.05) is 0 Å². The van der Waals surface area contributed by atoms with Crippen LogP contribution in [-0.4, -0.2) is 38.0 Å². The van der Waals surface area contributed by atoms with Gasteiger partial charge in [0.1, 0.15) is 11.4 Å². The van der Waals surface area contributed by atoms with E-state index in [1.54, 1.807) is 55.4 Å². The lowest BCUT2D eigenvalue weighted by Crippen LogP contribution is -2.11. The van der Waals surface area contributed by atoms with Crippen LogP contribution < -0.4 is 9.64 Å². The second-order valence-corrected chi connectivity index (χ2v) is 5.94. The second kappa shape index (κ2) is 7.28. The molecule has 0 saturated heterocycles. The Bertz CT molecular complexity index is 979. The van der Waals surface area contributed by atoms with Gasteiger partial charge in [0.05, 0.1) is 17.6 Å². The van der Waals surface area contributed by atoms with Crippen molar-refractivity contribution in [1.82, 2.24) is 0 Å². The van der Waals surface area contributed by atoms with Gasteiger partial charge in [-0.05, 0) is 29.8 Å². The van der Waals surface area contributed by atoms with Crippen molar-refractivity contribution in [1.29, 1.82) is 0 Å². The van der Waals surface area contributed by atoms with Crippen molar-refractivity contribution in [2.75, 3.05) is 26.1 Å². The van der Waals surface area contributed by atoms with E-state index in [-0.39, 0.29) is 17.3 Å². The lowest BCUT2D eigenvalue weighted by Gasteiger charge is -2.12. The number of nitro benzene ring substituents is 1. The van der Waals surface area contributed by atoms with Crippen LogP contribution in [0.4, 0.5) is 11.4 Å². The maximum atomic E-state index is 12.2. The van der Waals surface area contributed by atoms with Crippen LogP contribution in [0.3, 0.4) is 0 Å². The van der Waals surface area contributed by atoms with Crippen molar-refractivity contribution in [3.8, 4) is 5.75 Å². The number of anilines is 1. The largest absolute Gasteiger partial charge is 0.496 e. The summed E-state index contributed by atoms with van der Waals surface area (Å²) in [6.45, 7) is 0. The fraction of sp³-hybridized carbons (Fsp3) is 0.158. The number of rotatable bonds is 5. The van der Waals surface area contributed by atoms with Crippen molar-refractivity contribution in [3.63, 3.8) is 0 Å². The molecule has 0 amide bonds. The molecule has 1 aliphatic rings. The van der Waals surface area contributed by atoms with Gasteiger partial charge in [-0.1, -0.05) is 18.2 Å². The average Bonchev–Trinajstić information content (AvgIpc) is 3.01. The summed E-state index contributed by atoms with van der Waals surface area (Å²) in [7, 11) is 4.95. The highest BCUT2D eigenvalue weighted by Gasteiger charge is 2.26. The predicted octanol–water partition coefficient (Wildman–Crippen LogP) is 3.01. The third-order valence-electron chi connectivity index (χ3n) is 3.94. The van der Waals surface area contributed by atoms with E-state index in [0.29, 0.717) is 22.6 Å². The van der Waals surface area contributed by atoms with Gasteiger partial charge in [0.25, 0.3) is 5.69 Å². The summed E-state index contributed by atoms with van der Waals surface area (Å²) in [5.74, 6) is 0.0228. The summed E-state index contributed by atoms with van der Waals surface area (Å²) in [4.78, 5) is 28.9. The smallest absolute Gasteiger partial charge is 0.363 e. The van der Waals surface area contributed by atoms with E-state index in [0.717, 1.165) is 0 Å². The first-order valence-corrected chi connectivity index (χ1v) is 8.02. The molecule has 0 saturated carbocycles. The van der Waals surface area contributed by atoms with E-state index in [9.17, 15) is 14.9 Å². The molecule has 2 aromatic carbocycles. The van der Waals surface area contributed by atoms with Crippen LogP contribution in [0.25, 0.3) is 6.08 Å². The van der Waals surface area contributed by atoms with Crippen molar-refractivity contribution in [2.45, 2.75) is 0 Å². The molecular weight excluding hydrogens is 350 g/mol. The number of hydrogen-bond acceptors (Lipinski definition) is 7. The Morgan fingerprint density at radius 3 is 2.63 bits per heavy atom. The highest BCUT2D eigenvalue weighted by atomic mass is 16.6. The van der Waals surface area contributed by atoms with Crippen LogP contribution in [-0.2, 0) is 9.53 Å². The summed E-state index contributed by atoms with van der Waals surface area (Å²) in [6, 6.07) is 11.7. The zero-order valence-electron chi connectivity index (χ0n) is 15.0. The zero-order chi connectivity index (χ0) is 19.6. The minimum atomic E-state index is -0.629. The summed E-state index contributed by atoms with van der Waals surface area (Å²) < 4.78 is 10.5. The predicted molar refractivity (Wildman–Crippen MR) is 101 cm³/mol. The van der Waals surface area contributed by atoms with Gasteiger partial charge < -0.3 is 14.4 Å². The van der Waals surface area contributed by atoms with E-state index < -0.39 is 10.9 Å². The van der Waals surface area contributed by atoms with Crippen LogP contribution >= 0.6 is 0 Å². The van der Waals surface area contributed by atoms with Crippen molar-refractivity contribution >= 4 is 29.3 Å². The van der Waals surface area contributed by atoms with Gasteiger partial charge in [0, 0.05) is 20.2 Å². The van der Waals surface area contributed by atoms with Gasteiger partial charge >= 0.3 is 5.97 Å². The normalized spacial score (nSPS) is 14.7. The molecule has 0 bridgehead atoms. The number of methoxy groups -OCH3 is 1. The standard InChI is InChI=1S/C19H17N3O5/c1-21(2)15-9-8-12(11-16(15)22(24)25)10-14-19(23)27-18(20-14)13-6-4-5-7-17(13)26-3/h4-11H,1-3H3/b14-10-. The summed E-state index contributed by atoms with van der Waals surface area (Å²) >= 11 is 0. The zero-order valence-corrected chi connectivity index (χ0v) is 15.0. The van der Waals surface area contributed by atoms with E-state index in [4.69, 9.17) is 9.47 Å². The third kappa shape index (κ3) is 3.64. The van der Waals surface area contributed by atoms with Crippen LogP contribution in [0.2, 0.25) is 0 Å². The molecule has 138 valence electrons. The Morgan fingerprint density at radius 1 is 1.22 bits per heavy atom. The van der Waals surface area contributed by atoms with Crippen LogP contribution in [0.5, 0.6) is 5.75 Å². The quantitative estimate of drug-likeness (QED) is 0.349. The molecule has 1 aliphatic heterocycles. The molecule has 8 heteroatoms. The maximum absolute atomic E-state index is 12.2. The van der Waals surface area contributed by atoms with Crippen molar-refractivity contribution in [2.24, 2.45) is 4.99 Å². The minimum absolute atomic E-state index is 0.0582. The number of esters is 1. The number of nitro groups is 1. The van der Waals surface area contributed by atoms with E-state index >= 15 is 0 Å². The number of para-hydroxylation sites is 1. The van der Waals surface area contributed by atoms with Crippen LogP contribution in [0.1, 0.15) is 11.1 Å². The Labute approximate surface area is 155 Å². The topological polar surface area (TPSA) is 94.3 Å². The van der Waals surface area contributed by atoms with Gasteiger partial charge in [-0.25, -0.2) is 9.79 Å². The number of nitrogens with zero attached hydrogens (tertiary/aromatic N) is 3. The van der Waals surface area contributed by atoms with E-state index in [1.165, 1.54) is 19.3 Å². The maximum Gasteiger partial charge on any atom is 0.363 e. The number of benzene rings is 2. The molecule has 0 aliphatic carbocycles. The molecule has 27 heavy (non-hydrogen) atoms. The first-order chi connectivity index (χ1) is 12.9. The lowest BCUT2D eigenvalue weighted by molar-refractivity contribution is -0.384. The number of ether oxygens (including phenoxy) is 2. The molecule has 0 unspecified atom stereocenters. The average molecular weight is 367 g/mol. The first kappa shape index (κ1) is 18.1. The fourth-order valence-electron chi connectivity index (χ4n) is 2.66. The fourth-order valence-corrected chi connectivity index (χ4v) is 2.66. The van der Waals surface area contributed by atoms with Crippen molar-refractivity contribution in [3.05, 3.63) is 69.4 Å². The third-order valence-corrected chi connectivity index (χ3v) is 3.94. The number of cyclic esters (lactones) is 1. The Balaban J connectivity index is 2.00.